The quantitative estimate of drug-likeness (QED) is 0.227. The fourth-order valence-corrected chi connectivity index (χ4v) is 5.94. The van der Waals surface area contributed by atoms with Crippen molar-refractivity contribution in [1.82, 2.24) is 4.57 Å². The minimum Gasteiger partial charge on any atom is -0.496 e. The summed E-state index contributed by atoms with van der Waals surface area (Å²) in [5.41, 5.74) is 4.37. The average molecular weight is 564 g/mol. The van der Waals surface area contributed by atoms with Gasteiger partial charge < -0.3 is 29.0 Å². The predicted molar refractivity (Wildman–Crippen MR) is 152 cm³/mol. The number of benzene rings is 2. The Hall–Kier alpha value is -4.11. The van der Waals surface area contributed by atoms with Crippen molar-refractivity contribution in [2.45, 2.75) is 51.7 Å². The molecule has 9 nitrogen and oxygen atoms in total. The van der Waals surface area contributed by atoms with Crippen LogP contribution >= 0.6 is 0 Å². The van der Waals surface area contributed by atoms with Gasteiger partial charge in [0.2, 0.25) is 0 Å². The number of carboxylic acids is 1. The molecule has 1 aliphatic carbocycles. The number of esters is 1. The van der Waals surface area contributed by atoms with E-state index in [0.717, 1.165) is 12.8 Å². The largest absolute Gasteiger partial charge is 0.496 e. The van der Waals surface area contributed by atoms with Gasteiger partial charge in [0.15, 0.2) is 5.78 Å². The summed E-state index contributed by atoms with van der Waals surface area (Å²) in [5, 5.41) is 21.0. The zero-order valence-corrected chi connectivity index (χ0v) is 23.9. The van der Waals surface area contributed by atoms with Gasteiger partial charge in [0, 0.05) is 31.3 Å². The van der Waals surface area contributed by atoms with E-state index in [1.165, 1.54) is 39.4 Å². The van der Waals surface area contributed by atoms with Gasteiger partial charge in [0.25, 0.3) is 0 Å². The number of carbonyl (C=O) groups excluding carboxylic acids is 2. The molecule has 0 spiro atoms. The Morgan fingerprint density at radius 1 is 1.00 bits per heavy atom. The van der Waals surface area contributed by atoms with E-state index >= 15 is 0 Å². The highest BCUT2D eigenvalue weighted by Gasteiger charge is 2.31. The molecule has 1 aliphatic rings. The van der Waals surface area contributed by atoms with Gasteiger partial charge in [-0.1, -0.05) is 24.3 Å². The Bertz CT molecular complexity index is 1370. The molecule has 0 radical (unpaired) electrons. The van der Waals surface area contributed by atoms with Crippen LogP contribution in [-0.4, -0.2) is 53.8 Å². The van der Waals surface area contributed by atoms with Crippen LogP contribution in [0.4, 0.5) is 0 Å². The zero-order valence-electron chi connectivity index (χ0n) is 23.9. The standard InChI is InChI=1S/C32H37NO8/c1-19(34)30-27(39-2)14-24(15-28(30)40-3)31(37)25(13-20-11-21-7-5-6-8-22(21)12-20)17-33-16-23(9-10-29(35)36)26(18-33)32(38)41-4/h5-8,14-16,18,20,25,31,37H,9-13,17H2,1-4H3,(H,35,36)/t25-,31-/m0/s1. The molecular formula is C32H37NO8. The van der Waals surface area contributed by atoms with Crippen molar-refractivity contribution in [3.05, 3.63) is 82.2 Å². The third-order valence-electron chi connectivity index (χ3n) is 7.86. The Labute approximate surface area is 239 Å². The number of methoxy groups -OCH3 is 3. The van der Waals surface area contributed by atoms with E-state index < -0.39 is 18.0 Å². The molecule has 0 aliphatic heterocycles. The van der Waals surface area contributed by atoms with Crippen LogP contribution in [0.15, 0.2) is 48.8 Å². The number of aliphatic hydroxyl groups is 1. The van der Waals surface area contributed by atoms with Crippen molar-refractivity contribution < 1.29 is 38.8 Å². The number of ketones is 1. The number of hydrogen-bond donors (Lipinski definition) is 2. The molecule has 9 heteroatoms. The maximum Gasteiger partial charge on any atom is 0.339 e. The van der Waals surface area contributed by atoms with E-state index in [-0.39, 0.29) is 24.5 Å². The lowest BCUT2D eigenvalue weighted by Gasteiger charge is -2.27. The van der Waals surface area contributed by atoms with Crippen molar-refractivity contribution >= 4 is 17.7 Å². The molecular weight excluding hydrogens is 526 g/mol. The Balaban J connectivity index is 1.69. The normalized spacial score (nSPS) is 14.3. The number of carboxylic acid groups (broad SMARTS) is 1. The van der Waals surface area contributed by atoms with Gasteiger partial charge in [-0.15, -0.1) is 0 Å². The molecule has 0 saturated carbocycles. The Morgan fingerprint density at radius 2 is 1.61 bits per heavy atom. The van der Waals surface area contributed by atoms with Crippen LogP contribution in [0, 0.1) is 11.8 Å². The number of nitrogens with zero attached hydrogens (tertiary/aromatic N) is 1. The van der Waals surface area contributed by atoms with Crippen molar-refractivity contribution in [2.24, 2.45) is 11.8 Å². The summed E-state index contributed by atoms with van der Waals surface area (Å²) in [4.78, 5) is 36.0. The van der Waals surface area contributed by atoms with Gasteiger partial charge in [0.05, 0.1) is 33.0 Å². The number of hydrogen-bond acceptors (Lipinski definition) is 7. The Morgan fingerprint density at radius 3 is 2.12 bits per heavy atom. The number of Topliss-reactive ketones (excluding diaryl/α,β-unsaturated/α-hetero) is 1. The number of aliphatic hydroxyl groups excluding tert-OH is 1. The van der Waals surface area contributed by atoms with Crippen molar-refractivity contribution in [3.63, 3.8) is 0 Å². The van der Waals surface area contributed by atoms with E-state index in [1.807, 2.05) is 16.7 Å². The summed E-state index contributed by atoms with van der Waals surface area (Å²) in [6.07, 6.45) is 5.02. The van der Waals surface area contributed by atoms with E-state index in [4.69, 9.17) is 14.2 Å². The van der Waals surface area contributed by atoms with Crippen molar-refractivity contribution in [2.75, 3.05) is 21.3 Å². The van der Waals surface area contributed by atoms with E-state index in [2.05, 4.69) is 12.1 Å². The second-order valence-corrected chi connectivity index (χ2v) is 10.6. The summed E-state index contributed by atoms with van der Waals surface area (Å²) in [7, 11) is 4.23. The van der Waals surface area contributed by atoms with Gasteiger partial charge >= 0.3 is 11.9 Å². The molecule has 3 aromatic rings. The smallest absolute Gasteiger partial charge is 0.339 e. The second kappa shape index (κ2) is 13.0. The predicted octanol–water partition coefficient (Wildman–Crippen LogP) is 4.67. The summed E-state index contributed by atoms with van der Waals surface area (Å²) < 4.78 is 17.8. The molecule has 41 heavy (non-hydrogen) atoms. The van der Waals surface area contributed by atoms with Gasteiger partial charge in [-0.25, -0.2) is 4.79 Å². The van der Waals surface area contributed by atoms with Crippen LogP contribution < -0.4 is 9.47 Å². The molecule has 2 atom stereocenters. The minimum absolute atomic E-state index is 0.123. The summed E-state index contributed by atoms with van der Waals surface area (Å²) in [6, 6.07) is 11.7. The van der Waals surface area contributed by atoms with Crippen LogP contribution in [0.3, 0.4) is 0 Å². The molecule has 2 N–H and O–H groups in total. The van der Waals surface area contributed by atoms with Crippen LogP contribution in [0.5, 0.6) is 11.5 Å². The van der Waals surface area contributed by atoms with Gasteiger partial charge in [-0.2, -0.15) is 0 Å². The topological polar surface area (TPSA) is 124 Å². The van der Waals surface area contributed by atoms with Gasteiger partial charge in [-0.3, -0.25) is 9.59 Å². The molecule has 218 valence electrons. The summed E-state index contributed by atoms with van der Waals surface area (Å²) >= 11 is 0. The zero-order chi connectivity index (χ0) is 29.7. The third kappa shape index (κ3) is 6.79. The highest BCUT2D eigenvalue weighted by atomic mass is 16.5. The van der Waals surface area contributed by atoms with Gasteiger partial charge in [0.1, 0.15) is 17.1 Å². The Kier molecular flexibility index (Phi) is 9.50. The van der Waals surface area contributed by atoms with E-state index in [1.54, 1.807) is 24.5 Å². The first-order chi connectivity index (χ1) is 19.6. The maximum atomic E-state index is 12.5. The van der Waals surface area contributed by atoms with E-state index in [0.29, 0.717) is 52.6 Å². The number of aryl methyl sites for hydroxylation is 1. The first kappa shape index (κ1) is 29.9. The maximum absolute atomic E-state index is 12.5. The summed E-state index contributed by atoms with van der Waals surface area (Å²) in [6.45, 7) is 1.80. The molecule has 4 rings (SSSR count). The molecule has 0 unspecified atom stereocenters. The fraction of sp³-hybridized carbons (Fsp3) is 0.406. The second-order valence-electron chi connectivity index (χ2n) is 10.6. The molecule has 0 saturated heterocycles. The molecule has 0 bridgehead atoms. The average Bonchev–Trinajstić information content (AvgIpc) is 3.57. The number of carbonyl (C=O) groups is 3. The van der Waals surface area contributed by atoms with Crippen LogP contribution in [0.2, 0.25) is 0 Å². The third-order valence-corrected chi connectivity index (χ3v) is 7.86. The molecule has 0 fully saturated rings. The molecule has 1 aromatic heterocycles. The molecule has 1 heterocycles. The van der Waals surface area contributed by atoms with Crippen molar-refractivity contribution in [1.29, 1.82) is 0 Å². The highest BCUT2D eigenvalue weighted by Crippen LogP contribution is 2.39. The highest BCUT2D eigenvalue weighted by molar-refractivity contribution is 5.99. The number of aliphatic carboxylic acids is 1. The van der Waals surface area contributed by atoms with Crippen LogP contribution in [0.25, 0.3) is 0 Å². The first-order valence-electron chi connectivity index (χ1n) is 13.7. The number of rotatable bonds is 13. The fourth-order valence-electron chi connectivity index (χ4n) is 5.94. The number of ether oxygens (including phenoxy) is 3. The van der Waals surface area contributed by atoms with Crippen molar-refractivity contribution in [3.8, 4) is 11.5 Å². The minimum atomic E-state index is -0.959. The van der Waals surface area contributed by atoms with Crippen LogP contribution in [0.1, 0.15) is 68.8 Å². The lowest BCUT2D eigenvalue weighted by molar-refractivity contribution is -0.136. The lowest BCUT2D eigenvalue weighted by atomic mass is 9.85. The van der Waals surface area contributed by atoms with Gasteiger partial charge in [-0.05, 0) is 72.9 Å². The molecule has 0 amide bonds. The van der Waals surface area contributed by atoms with E-state index in [9.17, 15) is 24.6 Å². The van der Waals surface area contributed by atoms with Crippen LogP contribution in [-0.2, 0) is 35.3 Å². The number of aromatic nitrogens is 1. The molecule has 2 aromatic carbocycles. The number of fused-ring (bicyclic) bond motifs is 1. The monoisotopic (exact) mass is 563 g/mol. The first-order valence-corrected chi connectivity index (χ1v) is 13.7. The SMILES string of the molecule is COC(=O)c1cn(C[C@H](CC2Cc3ccccc3C2)[C@@H](O)c2cc(OC)c(C(C)=O)c(OC)c2)cc1CCC(=O)O. The summed E-state index contributed by atoms with van der Waals surface area (Å²) in [5.74, 6) is -1.06. The lowest BCUT2D eigenvalue weighted by Crippen LogP contribution is -2.22.